The van der Waals surface area contributed by atoms with Gasteiger partial charge in [-0.3, -0.25) is 18.5 Å². The van der Waals surface area contributed by atoms with Gasteiger partial charge >= 0.3 is 5.69 Å². The lowest BCUT2D eigenvalue weighted by Gasteiger charge is -2.09. The lowest BCUT2D eigenvalue weighted by molar-refractivity contribution is 0.682. The Labute approximate surface area is 109 Å². The van der Waals surface area contributed by atoms with E-state index in [-0.39, 0.29) is 16.8 Å². The lowest BCUT2D eigenvalue weighted by atomic mass is 10.5. The maximum Gasteiger partial charge on any atom is 0.332 e. The standard InChI is InChI=1S/C11H18N6O2/c1-4-17-8-7(14-10(17)13-6-5-12)9(18)16(3)11(19)15(8)2/h4-6,12H2,1-3H3,(H,13,14). The Balaban J connectivity index is 2.83. The number of anilines is 1. The molecular formula is C11H18N6O2. The number of nitrogens with zero attached hydrogens (tertiary/aromatic N) is 4. The number of fused-ring (bicyclic) bond motifs is 1. The molecule has 0 spiro atoms. The first kappa shape index (κ1) is 13.3. The van der Waals surface area contributed by atoms with Crippen molar-refractivity contribution in [1.29, 1.82) is 0 Å². The van der Waals surface area contributed by atoms with Crippen LogP contribution in [0.1, 0.15) is 6.92 Å². The van der Waals surface area contributed by atoms with Gasteiger partial charge in [-0.2, -0.15) is 0 Å². The van der Waals surface area contributed by atoms with Crippen LogP contribution in [0.3, 0.4) is 0 Å². The molecule has 19 heavy (non-hydrogen) atoms. The van der Waals surface area contributed by atoms with Crippen molar-refractivity contribution in [2.45, 2.75) is 13.5 Å². The van der Waals surface area contributed by atoms with E-state index in [1.807, 2.05) is 6.92 Å². The Hall–Kier alpha value is -2.09. The van der Waals surface area contributed by atoms with Crippen molar-refractivity contribution in [2.75, 3.05) is 18.4 Å². The van der Waals surface area contributed by atoms with Crippen molar-refractivity contribution in [1.82, 2.24) is 18.7 Å². The first-order valence-electron chi connectivity index (χ1n) is 6.13. The molecule has 0 radical (unpaired) electrons. The molecule has 0 aliphatic heterocycles. The third kappa shape index (κ3) is 1.93. The van der Waals surface area contributed by atoms with Crippen molar-refractivity contribution in [3.63, 3.8) is 0 Å². The van der Waals surface area contributed by atoms with Gasteiger partial charge in [-0.15, -0.1) is 0 Å². The van der Waals surface area contributed by atoms with Crippen molar-refractivity contribution in [2.24, 2.45) is 19.8 Å². The molecule has 2 aromatic heterocycles. The van der Waals surface area contributed by atoms with Gasteiger partial charge < -0.3 is 11.1 Å². The van der Waals surface area contributed by atoms with E-state index in [0.29, 0.717) is 31.2 Å². The SMILES string of the molecule is CCn1c(NCCN)nc2c(=O)n(C)c(=O)n(C)c21. The second-order valence-electron chi connectivity index (χ2n) is 4.27. The average Bonchev–Trinajstić information content (AvgIpc) is 2.79. The van der Waals surface area contributed by atoms with Gasteiger partial charge in [0.05, 0.1) is 0 Å². The molecule has 0 unspecified atom stereocenters. The van der Waals surface area contributed by atoms with Crippen LogP contribution in [0.4, 0.5) is 5.95 Å². The average molecular weight is 266 g/mol. The van der Waals surface area contributed by atoms with Gasteiger partial charge in [0.25, 0.3) is 5.56 Å². The van der Waals surface area contributed by atoms with Crippen molar-refractivity contribution in [3.05, 3.63) is 20.8 Å². The summed E-state index contributed by atoms with van der Waals surface area (Å²) in [6.07, 6.45) is 0. The van der Waals surface area contributed by atoms with Crippen LogP contribution in [0.2, 0.25) is 0 Å². The molecule has 0 aliphatic rings. The number of nitrogens with one attached hydrogen (secondary N) is 1. The maximum atomic E-state index is 12.1. The lowest BCUT2D eigenvalue weighted by Crippen LogP contribution is -2.37. The topological polar surface area (TPSA) is 99.9 Å². The van der Waals surface area contributed by atoms with E-state index in [4.69, 9.17) is 5.73 Å². The zero-order valence-corrected chi connectivity index (χ0v) is 11.3. The van der Waals surface area contributed by atoms with Crippen LogP contribution in [-0.2, 0) is 20.6 Å². The fourth-order valence-corrected chi connectivity index (χ4v) is 2.11. The van der Waals surface area contributed by atoms with Gasteiger partial charge in [-0.05, 0) is 6.92 Å². The van der Waals surface area contributed by atoms with Crippen LogP contribution in [0, 0.1) is 0 Å². The molecule has 0 atom stereocenters. The second kappa shape index (κ2) is 4.88. The highest BCUT2D eigenvalue weighted by Gasteiger charge is 2.17. The van der Waals surface area contributed by atoms with Crippen LogP contribution in [-0.4, -0.2) is 31.8 Å². The summed E-state index contributed by atoms with van der Waals surface area (Å²) in [5, 5.41) is 3.06. The summed E-state index contributed by atoms with van der Waals surface area (Å²) in [7, 11) is 3.08. The Kier molecular flexibility index (Phi) is 3.43. The Morgan fingerprint density at radius 1 is 1.26 bits per heavy atom. The monoisotopic (exact) mass is 266 g/mol. The molecule has 2 heterocycles. The minimum Gasteiger partial charge on any atom is -0.354 e. The summed E-state index contributed by atoms with van der Waals surface area (Å²) in [5.41, 5.74) is 5.50. The van der Waals surface area contributed by atoms with E-state index in [9.17, 15) is 9.59 Å². The molecule has 2 aromatic rings. The molecule has 8 nitrogen and oxygen atoms in total. The van der Waals surface area contributed by atoms with Crippen LogP contribution in [0.5, 0.6) is 0 Å². The summed E-state index contributed by atoms with van der Waals surface area (Å²) in [4.78, 5) is 28.3. The Morgan fingerprint density at radius 2 is 1.95 bits per heavy atom. The van der Waals surface area contributed by atoms with Gasteiger partial charge in [0, 0.05) is 33.7 Å². The van der Waals surface area contributed by atoms with Crippen LogP contribution >= 0.6 is 0 Å². The summed E-state index contributed by atoms with van der Waals surface area (Å²) in [5.74, 6) is 0.557. The Bertz CT molecular complexity index is 723. The number of rotatable bonds is 4. The zero-order valence-electron chi connectivity index (χ0n) is 11.3. The van der Waals surface area contributed by atoms with E-state index in [2.05, 4.69) is 10.3 Å². The van der Waals surface area contributed by atoms with Crippen molar-refractivity contribution >= 4 is 17.1 Å². The molecule has 8 heteroatoms. The highest BCUT2D eigenvalue weighted by Crippen LogP contribution is 2.14. The third-order valence-corrected chi connectivity index (χ3v) is 3.08. The fraction of sp³-hybridized carbons (Fsp3) is 0.545. The minimum absolute atomic E-state index is 0.283. The summed E-state index contributed by atoms with van der Waals surface area (Å²) in [6.45, 7) is 3.54. The Morgan fingerprint density at radius 3 is 2.53 bits per heavy atom. The smallest absolute Gasteiger partial charge is 0.332 e. The number of imidazole rings is 1. The van der Waals surface area contributed by atoms with E-state index in [1.165, 1.54) is 11.6 Å². The van der Waals surface area contributed by atoms with Gasteiger partial charge in [0.15, 0.2) is 11.2 Å². The molecule has 2 rings (SSSR count). The first-order chi connectivity index (χ1) is 9.02. The number of hydrogen-bond donors (Lipinski definition) is 2. The van der Waals surface area contributed by atoms with E-state index < -0.39 is 0 Å². The first-order valence-corrected chi connectivity index (χ1v) is 6.13. The van der Waals surface area contributed by atoms with Gasteiger partial charge in [0.1, 0.15) is 0 Å². The molecule has 104 valence electrons. The third-order valence-electron chi connectivity index (χ3n) is 3.08. The molecule has 0 amide bonds. The molecule has 0 bridgehead atoms. The number of aryl methyl sites for hydroxylation is 2. The van der Waals surface area contributed by atoms with E-state index in [0.717, 1.165) is 4.57 Å². The second-order valence-corrected chi connectivity index (χ2v) is 4.27. The minimum atomic E-state index is -0.388. The summed E-state index contributed by atoms with van der Waals surface area (Å²) < 4.78 is 4.29. The quantitative estimate of drug-likeness (QED) is 0.726. The van der Waals surface area contributed by atoms with Crippen LogP contribution < -0.4 is 22.3 Å². The molecule has 0 saturated carbocycles. The van der Waals surface area contributed by atoms with Crippen molar-refractivity contribution < 1.29 is 0 Å². The predicted octanol–water partition coefficient (Wildman–Crippen LogP) is -1.18. The number of aromatic nitrogens is 4. The van der Waals surface area contributed by atoms with E-state index in [1.54, 1.807) is 11.6 Å². The maximum absolute atomic E-state index is 12.1. The van der Waals surface area contributed by atoms with E-state index >= 15 is 0 Å². The highest BCUT2D eigenvalue weighted by atomic mass is 16.2. The van der Waals surface area contributed by atoms with Crippen molar-refractivity contribution in [3.8, 4) is 0 Å². The van der Waals surface area contributed by atoms with Crippen LogP contribution in [0.25, 0.3) is 11.2 Å². The summed E-state index contributed by atoms with van der Waals surface area (Å²) in [6, 6.07) is 0. The number of hydrogen-bond acceptors (Lipinski definition) is 5. The molecule has 0 saturated heterocycles. The molecule has 0 aromatic carbocycles. The zero-order chi connectivity index (χ0) is 14.2. The van der Waals surface area contributed by atoms with Gasteiger partial charge in [0.2, 0.25) is 5.95 Å². The largest absolute Gasteiger partial charge is 0.354 e. The highest BCUT2D eigenvalue weighted by molar-refractivity contribution is 5.74. The predicted molar refractivity (Wildman–Crippen MR) is 73.4 cm³/mol. The van der Waals surface area contributed by atoms with Gasteiger partial charge in [-0.25, -0.2) is 9.78 Å². The molecular weight excluding hydrogens is 248 g/mol. The molecule has 0 fully saturated rings. The normalized spacial score (nSPS) is 11.2. The van der Waals surface area contributed by atoms with Gasteiger partial charge in [-0.1, -0.05) is 0 Å². The number of nitrogens with two attached hydrogens (primary N) is 1. The molecule has 0 aliphatic carbocycles. The molecule has 3 N–H and O–H groups in total. The van der Waals surface area contributed by atoms with Crippen LogP contribution in [0.15, 0.2) is 9.59 Å². The summed E-state index contributed by atoms with van der Waals surface area (Å²) >= 11 is 0. The fourth-order valence-electron chi connectivity index (χ4n) is 2.11.